The molecule has 1 heterocycles. The Kier molecular flexibility index (Phi) is 6.96. The van der Waals surface area contributed by atoms with Gasteiger partial charge in [0.2, 0.25) is 0 Å². The number of rotatable bonds is 7. The first kappa shape index (κ1) is 15.7. The number of likely N-dealkylation sites (tertiary alicyclic amines) is 1. The Morgan fingerprint density at radius 3 is 2.78 bits per heavy atom. The zero-order valence-corrected chi connectivity index (χ0v) is 10.7. The Hall–Kier alpha value is -0.330. The fourth-order valence-electron chi connectivity index (χ4n) is 2.40. The Bertz CT molecular complexity index is 222. The number of halogens is 3. The van der Waals surface area contributed by atoms with Crippen LogP contribution in [-0.4, -0.2) is 50.5 Å². The predicted octanol–water partition coefficient (Wildman–Crippen LogP) is 2.02. The third-order valence-corrected chi connectivity index (χ3v) is 3.21. The topological polar surface area (TPSA) is 38.5 Å². The third kappa shape index (κ3) is 7.18. The largest absolute Gasteiger partial charge is 0.411 e. The maximum Gasteiger partial charge on any atom is 0.411 e. The molecule has 3 nitrogen and oxygen atoms in total. The maximum atomic E-state index is 11.8. The number of nitrogens with zero attached hydrogens (tertiary/aromatic N) is 1. The summed E-state index contributed by atoms with van der Waals surface area (Å²) in [5.41, 5.74) is 5.54. The van der Waals surface area contributed by atoms with E-state index in [0.29, 0.717) is 18.9 Å². The molecule has 108 valence electrons. The molecular weight excluding hydrogens is 245 g/mol. The molecule has 1 unspecified atom stereocenters. The van der Waals surface area contributed by atoms with Crippen LogP contribution < -0.4 is 5.73 Å². The van der Waals surface area contributed by atoms with Crippen LogP contribution in [0.2, 0.25) is 0 Å². The van der Waals surface area contributed by atoms with Crippen LogP contribution in [0.15, 0.2) is 0 Å². The van der Waals surface area contributed by atoms with Crippen LogP contribution in [0.25, 0.3) is 0 Å². The summed E-state index contributed by atoms with van der Waals surface area (Å²) < 4.78 is 40.1. The summed E-state index contributed by atoms with van der Waals surface area (Å²) in [6.45, 7) is 2.64. The maximum absolute atomic E-state index is 11.8. The predicted molar refractivity (Wildman–Crippen MR) is 64.3 cm³/mol. The highest BCUT2D eigenvalue weighted by Crippen LogP contribution is 2.19. The van der Waals surface area contributed by atoms with Gasteiger partial charge in [-0.05, 0) is 44.7 Å². The van der Waals surface area contributed by atoms with E-state index in [1.807, 2.05) is 0 Å². The Morgan fingerprint density at radius 1 is 1.33 bits per heavy atom. The first-order valence-corrected chi connectivity index (χ1v) is 6.58. The summed E-state index contributed by atoms with van der Waals surface area (Å²) in [6, 6.07) is 0. The summed E-state index contributed by atoms with van der Waals surface area (Å²) in [4.78, 5) is 2.31. The molecule has 0 radical (unpaired) electrons. The molecule has 1 aliphatic heterocycles. The molecule has 0 bridgehead atoms. The van der Waals surface area contributed by atoms with Gasteiger partial charge in [-0.1, -0.05) is 0 Å². The molecule has 1 atom stereocenters. The molecule has 1 fully saturated rings. The normalized spacial score (nSPS) is 22.3. The molecule has 0 amide bonds. The fraction of sp³-hybridized carbons (Fsp3) is 1.00. The average Bonchev–Trinajstić information content (AvgIpc) is 2.28. The molecule has 1 rings (SSSR count). The smallest absolute Gasteiger partial charge is 0.372 e. The highest BCUT2D eigenvalue weighted by molar-refractivity contribution is 4.73. The van der Waals surface area contributed by atoms with Gasteiger partial charge in [0, 0.05) is 19.7 Å². The SMILES string of the molecule is NCCC1CCCN(CCCOCC(F)(F)F)C1. The molecule has 0 aliphatic carbocycles. The van der Waals surface area contributed by atoms with E-state index in [1.54, 1.807) is 0 Å². The minimum absolute atomic E-state index is 0.178. The minimum Gasteiger partial charge on any atom is -0.372 e. The second-order valence-corrected chi connectivity index (χ2v) is 4.91. The summed E-state index contributed by atoms with van der Waals surface area (Å²) in [5, 5.41) is 0. The lowest BCUT2D eigenvalue weighted by Crippen LogP contribution is -2.37. The van der Waals surface area contributed by atoms with E-state index < -0.39 is 12.8 Å². The van der Waals surface area contributed by atoms with Crippen LogP contribution in [0, 0.1) is 5.92 Å². The van der Waals surface area contributed by atoms with Crippen molar-refractivity contribution in [2.24, 2.45) is 11.7 Å². The van der Waals surface area contributed by atoms with Crippen molar-refractivity contribution in [2.45, 2.75) is 31.9 Å². The molecule has 0 saturated carbocycles. The van der Waals surface area contributed by atoms with Gasteiger partial charge in [-0.3, -0.25) is 0 Å². The molecule has 6 heteroatoms. The van der Waals surface area contributed by atoms with Crippen LogP contribution in [0.5, 0.6) is 0 Å². The summed E-state index contributed by atoms with van der Waals surface area (Å²) >= 11 is 0. The monoisotopic (exact) mass is 268 g/mol. The van der Waals surface area contributed by atoms with Gasteiger partial charge in [-0.15, -0.1) is 0 Å². The van der Waals surface area contributed by atoms with Crippen LogP contribution in [0.3, 0.4) is 0 Å². The van der Waals surface area contributed by atoms with E-state index in [-0.39, 0.29) is 6.61 Å². The van der Waals surface area contributed by atoms with Gasteiger partial charge in [0.25, 0.3) is 0 Å². The highest BCUT2D eigenvalue weighted by Gasteiger charge is 2.27. The second-order valence-electron chi connectivity index (χ2n) is 4.91. The zero-order valence-electron chi connectivity index (χ0n) is 10.7. The third-order valence-electron chi connectivity index (χ3n) is 3.21. The molecule has 0 aromatic heterocycles. The second kappa shape index (κ2) is 7.96. The number of hydrogen-bond donors (Lipinski definition) is 1. The highest BCUT2D eigenvalue weighted by atomic mass is 19.4. The van der Waals surface area contributed by atoms with E-state index in [2.05, 4.69) is 9.64 Å². The Labute approximate surface area is 106 Å². The molecular formula is C12H23F3N2O. The van der Waals surface area contributed by atoms with Crippen LogP contribution >= 0.6 is 0 Å². The standard InChI is InChI=1S/C12H23F3N2O/c13-12(14,15)10-18-8-2-7-17-6-1-3-11(9-17)4-5-16/h11H,1-10,16H2. The van der Waals surface area contributed by atoms with E-state index in [4.69, 9.17) is 5.73 Å². The van der Waals surface area contributed by atoms with E-state index in [9.17, 15) is 13.2 Å². The van der Waals surface area contributed by atoms with Crippen molar-refractivity contribution in [1.82, 2.24) is 4.90 Å². The quantitative estimate of drug-likeness (QED) is 0.718. The van der Waals surface area contributed by atoms with Gasteiger partial charge in [0.1, 0.15) is 6.61 Å². The van der Waals surface area contributed by atoms with E-state index in [0.717, 1.165) is 32.5 Å². The van der Waals surface area contributed by atoms with Crippen molar-refractivity contribution in [3.63, 3.8) is 0 Å². The molecule has 0 aromatic rings. The van der Waals surface area contributed by atoms with E-state index in [1.165, 1.54) is 6.42 Å². The molecule has 0 spiro atoms. The van der Waals surface area contributed by atoms with Gasteiger partial charge >= 0.3 is 6.18 Å². The summed E-state index contributed by atoms with van der Waals surface area (Å²) in [6.07, 6.45) is -0.129. The number of alkyl halides is 3. The Morgan fingerprint density at radius 2 is 2.11 bits per heavy atom. The van der Waals surface area contributed by atoms with Gasteiger partial charge in [0.15, 0.2) is 0 Å². The van der Waals surface area contributed by atoms with Gasteiger partial charge in [-0.2, -0.15) is 13.2 Å². The van der Waals surface area contributed by atoms with Crippen molar-refractivity contribution in [3.8, 4) is 0 Å². The van der Waals surface area contributed by atoms with Crippen molar-refractivity contribution in [1.29, 1.82) is 0 Å². The van der Waals surface area contributed by atoms with Crippen molar-refractivity contribution < 1.29 is 17.9 Å². The van der Waals surface area contributed by atoms with Crippen molar-refractivity contribution >= 4 is 0 Å². The minimum atomic E-state index is -4.21. The van der Waals surface area contributed by atoms with Crippen LogP contribution in [0.1, 0.15) is 25.7 Å². The lowest BCUT2D eigenvalue weighted by Gasteiger charge is -2.32. The molecule has 0 aromatic carbocycles. The lowest BCUT2D eigenvalue weighted by atomic mass is 9.95. The summed E-state index contributed by atoms with van der Waals surface area (Å²) in [5.74, 6) is 0.653. The number of nitrogens with two attached hydrogens (primary N) is 1. The molecule has 2 N–H and O–H groups in total. The van der Waals surface area contributed by atoms with Gasteiger partial charge < -0.3 is 15.4 Å². The van der Waals surface area contributed by atoms with Gasteiger partial charge in [-0.25, -0.2) is 0 Å². The van der Waals surface area contributed by atoms with Crippen molar-refractivity contribution in [2.75, 3.05) is 39.4 Å². The van der Waals surface area contributed by atoms with Crippen molar-refractivity contribution in [3.05, 3.63) is 0 Å². The zero-order chi connectivity index (χ0) is 13.4. The molecule has 18 heavy (non-hydrogen) atoms. The number of ether oxygens (including phenoxy) is 1. The average molecular weight is 268 g/mol. The van der Waals surface area contributed by atoms with Crippen LogP contribution in [-0.2, 0) is 4.74 Å². The summed E-state index contributed by atoms with van der Waals surface area (Å²) in [7, 11) is 0. The first-order valence-electron chi connectivity index (χ1n) is 6.58. The molecule has 1 aliphatic rings. The number of piperidine rings is 1. The number of hydrogen-bond acceptors (Lipinski definition) is 3. The molecule has 1 saturated heterocycles. The lowest BCUT2D eigenvalue weighted by molar-refractivity contribution is -0.174. The van der Waals surface area contributed by atoms with E-state index >= 15 is 0 Å². The fourth-order valence-corrected chi connectivity index (χ4v) is 2.40. The first-order chi connectivity index (χ1) is 8.51. The van der Waals surface area contributed by atoms with Gasteiger partial charge in [0.05, 0.1) is 0 Å². The Balaban J connectivity index is 2.04. The van der Waals surface area contributed by atoms with Crippen LogP contribution in [0.4, 0.5) is 13.2 Å².